The molecule has 0 spiro atoms. The van der Waals surface area contributed by atoms with Crippen molar-refractivity contribution in [3.63, 3.8) is 0 Å². The second-order valence-corrected chi connectivity index (χ2v) is 5.18. The Kier molecular flexibility index (Phi) is 4.35. The van der Waals surface area contributed by atoms with Crippen LogP contribution in [0.1, 0.15) is 22.5 Å². The minimum Gasteiger partial charge on any atom is -0.409 e. The summed E-state index contributed by atoms with van der Waals surface area (Å²) >= 11 is 1.47. The molecule has 0 saturated heterocycles. The number of carbonyl (C=O) groups is 1. The minimum absolute atomic E-state index is 0.0827. The molecular weight excluding hydrogens is 262 g/mol. The van der Waals surface area contributed by atoms with Gasteiger partial charge in [0, 0.05) is 17.7 Å². The van der Waals surface area contributed by atoms with Gasteiger partial charge in [0.1, 0.15) is 5.84 Å². The van der Waals surface area contributed by atoms with E-state index in [4.69, 9.17) is 10.9 Å². The fourth-order valence-corrected chi connectivity index (χ4v) is 2.68. The van der Waals surface area contributed by atoms with Crippen LogP contribution in [0, 0.1) is 0 Å². The third kappa shape index (κ3) is 3.45. The first-order valence-corrected chi connectivity index (χ1v) is 6.75. The number of amides is 1. The SMILES string of the molecule is NC(CCCNC(=O)c1cc2ccccc2s1)=NO. The highest BCUT2D eigenvalue weighted by Crippen LogP contribution is 2.24. The van der Waals surface area contributed by atoms with E-state index >= 15 is 0 Å². The van der Waals surface area contributed by atoms with Gasteiger partial charge in [-0.05, 0) is 23.9 Å². The predicted molar refractivity (Wildman–Crippen MR) is 76.8 cm³/mol. The Bertz CT molecular complexity index is 574. The number of hydrogen-bond donors (Lipinski definition) is 3. The normalized spacial score (nSPS) is 11.7. The molecule has 1 aromatic heterocycles. The van der Waals surface area contributed by atoms with E-state index in [0.29, 0.717) is 24.3 Å². The number of nitrogens with zero attached hydrogens (tertiary/aromatic N) is 1. The zero-order chi connectivity index (χ0) is 13.7. The van der Waals surface area contributed by atoms with Gasteiger partial charge < -0.3 is 16.3 Å². The molecule has 4 N–H and O–H groups in total. The number of fused-ring (bicyclic) bond motifs is 1. The lowest BCUT2D eigenvalue weighted by atomic mass is 10.2. The standard InChI is InChI=1S/C13H15N3O2S/c14-12(16-18)6-3-7-15-13(17)11-8-9-4-1-2-5-10(9)19-11/h1-2,4-5,8,18H,3,6-7H2,(H2,14,16)(H,15,17). The Hall–Kier alpha value is -2.08. The van der Waals surface area contributed by atoms with E-state index in [-0.39, 0.29) is 11.7 Å². The maximum atomic E-state index is 11.9. The molecule has 0 unspecified atom stereocenters. The van der Waals surface area contributed by atoms with Crippen molar-refractivity contribution in [1.29, 1.82) is 0 Å². The van der Waals surface area contributed by atoms with E-state index in [2.05, 4.69) is 10.5 Å². The van der Waals surface area contributed by atoms with Crippen molar-refractivity contribution in [2.75, 3.05) is 6.54 Å². The number of rotatable bonds is 5. The molecule has 1 aromatic carbocycles. The second kappa shape index (κ2) is 6.19. The summed E-state index contributed by atoms with van der Waals surface area (Å²) in [7, 11) is 0. The maximum absolute atomic E-state index is 11.9. The topological polar surface area (TPSA) is 87.7 Å². The highest BCUT2D eigenvalue weighted by atomic mass is 32.1. The Balaban J connectivity index is 1.89. The van der Waals surface area contributed by atoms with Crippen LogP contribution in [0.15, 0.2) is 35.5 Å². The summed E-state index contributed by atoms with van der Waals surface area (Å²) in [4.78, 5) is 12.6. The van der Waals surface area contributed by atoms with Crippen molar-refractivity contribution in [1.82, 2.24) is 5.32 Å². The average molecular weight is 277 g/mol. The van der Waals surface area contributed by atoms with Gasteiger partial charge in [0.2, 0.25) is 0 Å². The Morgan fingerprint density at radius 3 is 2.95 bits per heavy atom. The summed E-state index contributed by atoms with van der Waals surface area (Å²) in [5.74, 6) is 0.0943. The number of nitrogens with two attached hydrogens (primary N) is 1. The zero-order valence-electron chi connectivity index (χ0n) is 10.3. The van der Waals surface area contributed by atoms with Gasteiger partial charge in [0.15, 0.2) is 0 Å². The van der Waals surface area contributed by atoms with E-state index < -0.39 is 0 Å². The molecule has 2 aromatic rings. The van der Waals surface area contributed by atoms with Gasteiger partial charge in [-0.15, -0.1) is 11.3 Å². The molecule has 0 radical (unpaired) electrons. The van der Waals surface area contributed by atoms with E-state index in [0.717, 1.165) is 10.1 Å². The minimum atomic E-state index is -0.0827. The summed E-state index contributed by atoms with van der Waals surface area (Å²) < 4.78 is 1.10. The van der Waals surface area contributed by atoms with Crippen LogP contribution in [0.3, 0.4) is 0 Å². The fraction of sp³-hybridized carbons (Fsp3) is 0.231. The van der Waals surface area contributed by atoms with E-state index in [1.54, 1.807) is 0 Å². The third-order valence-electron chi connectivity index (χ3n) is 2.67. The van der Waals surface area contributed by atoms with Gasteiger partial charge in [0.05, 0.1) is 4.88 Å². The number of carbonyl (C=O) groups excluding carboxylic acids is 1. The van der Waals surface area contributed by atoms with Crippen LogP contribution in [-0.4, -0.2) is 23.5 Å². The first-order valence-electron chi connectivity index (χ1n) is 5.94. The summed E-state index contributed by atoms with van der Waals surface area (Å²) in [5, 5.41) is 15.2. The van der Waals surface area contributed by atoms with Gasteiger partial charge in [0.25, 0.3) is 5.91 Å². The average Bonchev–Trinajstić information content (AvgIpc) is 2.87. The molecule has 1 heterocycles. The lowest BCUT2D eigenvalue weighted by molar-refractivity contribution is 0.0957. The van der Waals surface area contributed by atoms with Gasteiger partial charge in [-0.2, -0.15) is 0 Å². The molecule has 0 aliphatic heterocycles. The molecule has 0 atom stereocenters. The predicted octanol–water partition coefficient (Wildman–Crippen LogP) is 2.16. The fourth-order valence-electron chi connectivity index (χ4n) is 1.70. The highest BCUT2D eigenvalue weighted by molar-refractivity contribution is 7.20. The van der Waals surface area contributed by atoms with Crippen LogP contribution in [-0.2, 0) is 0 Å². The molecule has 0 aliphatic rings. The molecule has 0 saturated carbocycles. The molecule has 0 aliphatic carbocycles. The Morgan fingerprint density at radius 2 is 2.21 bits per heavy atom. The first kappa shape index (κ1) is 13.4. The number of nitrogens with one attached hydrogen (secondary N) is 1. The molecule has 5 nitrogen and oxygen atoms in total. The quantitative estimate of drug-likeness (QED) is 0.257. The van der Waals surface area contributed by atoms with E-state index in [1.165, 1.54) is 11.3 Å². The highest BCUT2D eigenvalue weighted by Gasteiger charge is 2.09. The van der Waals surface area contributed by atoms with Gasteiger partial charge in [-0.1, -0.05) is 23.4 Å². The summed E-state index contributed by atoms with van der Waals surface area (Å²) in [6, 6.07) is 9.78. The lowest BCUT2D eigenvalue weighted by Crippen LogP contribution is -2.24. The van der Waals surface area contributed by atoms with Crippen molar-refractivity contribution in [2.24, 2.45) is 10.9 Å². The van der Waals surface area contributed by atoms with Crippen LogP contribution in [0.5, 0.6) is 0 Å². The zero-order valence-corrected chi connectivity index (χ0v) is 11.1. The maximum Gasteiger partial charge on any atom is 0.261 e. The molecule has 0 fully saturated rings. The van der Waals surface area contributed by atoms with Gasteiger partial charge >= 0.3 is 0 Å². The van der Waals surface area contributed by atoms with Gasteiger partial charge in [-0.3, -0.25) is 4.79 Å². The van der Waals surface area contributed by atoms with Crippen molar-refractivity contribution in [3.05, 3.63) is 35.2 Å². The summed E-state index contributed by atoms with van der Waals surface area (Å²) in [5.41, 5.74) is 5.34. The van der Waals surface area contributed by atoms with E-state index in [1.807, 2.05) is 30.3 Å². The molecule has 19 heavy (non-hydrogen) atoms. The first-order chi connectivity index (χ1) is 9.20. The number of benzene rings is 1. The van der Waals surface area contributed by atoms with Crippen LogP contribution < -0.4 is 11.1 Å². The molecule has 2 rings (SSSR count). The van der Waals surface area contributed by atoms with Crippen LogP contribution in [0.25, 0.3) is 10.1 Å². The monoisotopic (exact) mass is 277 g/mol. The number of thiophene rings is 1. The van der Waals surface area contributed by atoms with Crippen LogP contribution in [0.2, 0.25) is 0 Å². The Labute approximate surface area is 114 Å². The largest absolute Gasteiger partial charge is 0.409 e. The number of amidine groups is 1. The molecule has 1 amide bonds. The molecule has 6 heteroatoms. The Morgan fingerprint density at radius 1 is 1.42 bits per heavy atom. The molecular formula is C13H15N3O2S. The van der Waals surface area contributed by atoms with Crippen molar-refractivity contribution in [3.8, 4) is 0 Å². The van der Waals surface area contributed by atoms with Crippen LogP contribution in [0.4, 0.5) is 0 Å². The molecule has 0 bridgehead atoms. The van der Waals surface area contributed by atoms with Crippen molar-refractivity contribution >= 4 is 33.2 Å². The number of hydrogen-bond acceptors (Lipinski definition) is 4. The van der Waals surface area contributed by atoms with Crippen molar-refractivity contribution in [2.45, 2.75) is 12.8 Å². The second-order valence-electron chi connectivity index (χ2n) is 4.10. The third-order valence-corrected chi connectivity index (χ3v) is 3.79. The summed E-state index contributed by atoms with van der Waals surface area (Å²) in [6.45, 7) is 0.503. The van der Waals surface area contributed by atoms with Crippen molar-refractivity contribution < 1.29 is 10.0 Å². The van der Waals surface area contributed by atoms with E-state index in [9.17, 15) is 4.79 Å². The number of oxime groups is 1. The molecule has 100 valence electrons. The smallest absolute Gasteiger partial charge is 0.261 e. The summed E-state index contributed by atoms with van der Waals surface area (Å²) in [6.07, 6.45) is 1.11. The van der Waals surface area contributed by atoms with Gasteiger partial charge in [-0.25, -0.2) is 0 Å². The lowest BCUT2D eigenvalue weighted by Gasteiger charge is -2.02. The van der Waals surface area contributed by atoms with Crippen LogP contribution >= 0.6 is 11.3 Å².